The van der Waals surface area contributed by atoms with E-state index in [0.717, 1.165) is 17.1 Å². The predicted molar refractivity (Wildman–Crippen MR) is 86.4 cm³/mol. The molecule has 0 saturated carbocycles. The van der Waals surface area contributed by atoms with Crippen molar-refractivity contribution in [3.05, 3.63) is 36.4 Å². The molecule has 112 valence electrons. The summed E-state index contributed by atoms with van der Waals surface area (Å²) in [6.45, 7) is 6.04. The Bertz CT molecular complexity index is 572. The molecule has 0 fully saturated rings. The highest BCUT2D eigenvalue weighted by Gasteiger charge is 2.09. The maximum Gasteiger partial charge on any atom is 0.225 e. The molecular formula is C16H22N4O. The van der Waals surface area contributed by atoms with Crippen LogP contribution in [0.2, 0.25) is 0 Å². The van der Waals surface area contributed by atoms with Gasteiger partial charge in [-0.25, -0.2) is 4.98 Å². The monoisotopic (exact) mass is 286 g/mol. The molecule has 1 atom stereocenters. The van der Waals surface area contributed by atoms with Crippen LogP contribution in [0.5, 0.6) is 0 Å². The topological polar surface area (TPSA) is 70.1 Å². The number of anilines is 2. The van der Waals surface area contributed by atoms with Gasteiger partial charge in [0.15, 0.2) is 0 Å². The Morgan fingerprint density at radius 3 is 2.38 bits per heavy atom. The molecule has 0 aliphatic heterocycles. The molecule has 21 heavy (non-hydrogen) atoms. The van der Waals surface area contributed by atoms with Crippen molar-refractivity contribution in [2.45, 2.75) is 32.9 Å². The number of rotatable bonds is 6. The van der Waals surface area contributed by atoms with Crippen LogP contribution in [0, 0.1) is 0 Å². The van der Waals surface area contributed by atoms with Crippen LogP contribution >= 0.6 is 0 Å². The van der Waals surface area contributed by atoms with E-state index in [2.05, 4.69) is 34.4 Å². The zero-order valence-electron chi connectivity index (χ0n) is 12.7. The fraction of sp³-hybridized carbons (Fsp3) is 0.375. The van der Waals surface area contributed by atoms with Gasteiger partial charge in [-0.1, -0.05) is 30.3 Å². The van der Waals surface area contributed by atoms with E-state index >= 15 is 0 Å². The molecule has 0 aliphatic rings. The highest BCUT2D eigenvalue weighted by molar-refractivity contribution is 5.64. The average Bonchev–Trinajstić information content (AvgIpc) is 2.47. The predicted octanol–water partition coefficient (Wildman–Crippen LogP) is 2.76. The summed E-state index contributed by atoms with van der Waals surface area (Å²) >= 11 is 0. The minimum absolute atomic E-state index is 0.0336. The second-order valence-corrected chi connectivity index (χ2v) is 5.36. The van der Waals surface area contributed by atoms with Gasteiger partial charge in [0.25, 0.3) is 0 Å². The summed E-state index contributed by atoms with van der Waals surface area (Å²) in [5.41, 5.74) is 1.88. The van der Waals surface area contributed by atoms with Crippen LogP contribution in [0.4, 0.5) is 11.8 Å². The number of nitrogens with zero attached hydrogens (tertiary/aromatic N) is 2. The zero-order valence-corrected chi connectivity index (χ0v) is 12.7. The lowest BCUT2D eigenvalue weighted by Crippen LogP contribution is -2.21. The highest BCUT2D eigenvalue weighted by Crippen LogP contribution is 2.21. The molecule has 0 saturated heterocycles. The molecule has 0 amide bonds. The quantitative estimate of drug-likeness (QED) is 0.761. The van der Waals surface area contributed by atoms with Gasteiger partial charge in [-0.15, -0.1) is 0 Å². The van der Waals surface area contributed by atoms with Crippen LogP contribution in [0.1, 0.15) is 20.8 Å². The first-order valence-electron chi connectivity index (χ1n) is 7.17. The molecular weight excluding hydrogens is 264 g/mol. The normalized spacial score (nSPS) is 12.2. The number of hydrogen-bond acceptors (Lipinski definition) is 5. The van der Waals surface area contributed by atoms with Gasteiger partial charge in [0.1, 0.15) is 5.82 Å². The number of aromatic nitrogens is 2. The standard InChI is InChI=1S/C16H22N4O/c1-11(2)17-15-9-14(13-7-5-4-6-8-13)19-16(20-15)18-12(3)10-21/h4-9,11-12,21H,10H2,1-3H3,(H2,17,18,19,20)/t12-/m1/s1. The Morgan fingerprint density at radius 1 is 1.05 bits per heavy atom. The lowest BCUT2D eigenvalue weighted by molar-refractivity contribution is 0.281. The first kappa shape index (κ1) is 15.3. The van der Waals surface area contributed by atoms with Crippen molar-refractivity contribution in [2.24, 2.45) is 0 Å². The summed E-state index contributed by atoms with van der Waals surface area (Å²) in [5, 5.41) is 15.6. The van der Waals surface area contributed by atoms with E-state index < -0.39 is 0 Å². The summed E-state index contributed by atoms with van der Waals surface area (Å²) in [7, 11) is 0. The van der Waals surface area contributed by atoms with Crippen LogP contribution in [0.15, 0.2) is 36.4 Å². The lowest BCUT2D eigenvalue weighted by Gasteiger charge is -2.15. The van der Waals surface area contributed by atoms with Crippen molar-refractivity contribution in [3.8, 4) is 11.3 Å². The van der Waals surface area contributed by atoms with Gasteiger partial charge < -0.3 is 15.7 Å². The van der Waals surface area contributed by atoms with Crippen LogP contribution in [-0.4, -0.2) is 33.8 Å². The highest BCUT2D eigenvalue weighted by atomic mass is 16.3. The zero-order chi connectivity index (χ0) is 15.2. The molecule has 5 nitrogen and oxygen atoms in total. The fourth-order valence-corrected chi connectivity index (χ4v) is 1.90. The molecule has 1 aromatic heterocycles. The first-order chi connectivity index (χ1) is 10.1. The van der Waals surface area contributed by atoms with Crippen molar-refractivity contribution < 1.29 is 5.11 Å². The first-order valence-corrected chi connectivity index (χ1v) is 7.17. The summed E-state index contributed by atoms with van der Waals surface area (Å²) in [6.07, 6.45) is 0. The van der Waals surface area contributed by atoms with E-state index in [-0.39, 0.29) is 18.7 Å². The van der Waals surface area contributed by atoms with Crippen molar-refractivity contribution in [1.82, 2.24) is 9.97 Å². The average molecular weight is 286 g/mol. The third kappa shape index (κ3) is 4.43. The Morgan fingerprint density at radius 2 is 1.76 bits per heavy atom. The molecule has 0 bridgehead atoms. The van der Waals surface area contributed by atoms with Gasteiger partial charge in [-0.05, 0) is 20.8 Å². The second-order valence-electron chi connectivity index (χ2n) is 5.36. The van der Waals surface area contributed by atoms with E-state index in [0.29, 0.717) is 5.95 Å². The van der Waals surface area contributed by atoms with Crippen molar-refractivity contribution >= 4 is 11.8 Å². The molecule has 0 radical (unpaired) electrons. The SMILES string of the molecule is CC(C)Nc1cc(-c2ccccc2)nc(N[C@H](C)CO)n1. The summed E-state index contributed by atoms with van der Waals surface area (Å²) in [6, 6.07) is 12.1. The molecule has 1 aromatic carbocycles. The number of aliphatic hydroxyl groups is 1. The number of benzene rings is 1. The van der Waals surface area contributed by atoms with Gasteiger partial charge in [-0.3, -0.25) is 0 Å². The van der Waals surface area contributed by atoms with Gasteiger partial charge in [0, 0.05) is 23.7 Å². The minimum atomic E-state index is -0.0945. The third-order valence-electron chi connectivity index (χ3n) is 2.88. The van der Waals surface area contributed by atoms with Crippen LogP contribution in [-0.2, 0) is 0 Å². The maximum absolute atomic E-state index is 9.16. The van der Waals surface area contributed by atoms with E-state index in [1.54, 1.807) is 0 Å². The Hall–Kier alpha value is -2.14. The van der Waals surface area contributed by atoms with Crippen LogP contribution in [0.25, 0.3) is 11.3 Å². The van der Waals surface area contributed by atoms with Crippen molar-refractivity contribution in [2.75, 3.05) is 17.2 Å². The molecule has 5 heteroatoms. The van der Waals surface area contributed by atoms with Crippen molar-refractivity contribution in [3.63, 3.8) is 0 Å². The van der Waals surface area contributed by atoms with Gasteiger partial charge in [-0.2, -0.15) is 4.98 Å². The largest absolute Gasteiger partial charge is 0.394 e. The number of aliphatic hydroxyl groups excluding tert-OH is 1. The Balaban J connectivity index is 2.37. The molecule has 2 aromatic rings. The van der Waals surface area contributed by atoms with E-state index in [9.17, 15) is 0 Å². The number of nitrogens with one attached hydrogen (secondary N) is 2. The Labute approximate surface area is 125 Å². The summed E-state index contributed by atoms with van der Waals surface area (Å²) in [4.78, 5) is 8.97. The summed E-state index contributed by atoms with van der Waals surface area (Å²) in [5.74, 6) is 1.28. The molecule has 3 N–H and O–H groups in total. The number of hydrogen-bond donors (Lipinski definition) is 3. The molecule has 0 spiro atoms. The van der Waals surface area contributed by atoms with Crippen LogP contribution in [0.3, 0.4) is 0 Å². The molecule has 1 heterocycles. The molecule has 2 rings (SSSR count). The minimum Gasteiger partial charge on any atom is -0.394 e. The van der Waals surface area contributed by atoms with Crippen molar-refractivity contribution in [1.29, 1.82) is 0 Å². The van der Waals surface area contributed by atoms with Crippen LogP contribution < -0.4 is 10.6 Å². The second kappa shape index (κ2) is 7.04. The van der Waals surface area contributed by atoms with E-state index in [1.165, 1.54) is 0 Å². The van der Waals surface area contributed by atoms with E-state index in [4.69, 9.17) is 5.11 Å². The fourth-order valence-electron chi connectivity index (χ4n) is 1.90. The van der Waals surface area contributed by atoms with Gasteiger partial charge in [0.2, 0.25) is 5.95 Å². The van der Waals surface area contributed by atoms with Gasteiger partial charge >= 0.3 is 0 Å². The smallest absolute Gasteiger partial charge is 0.225 e. The van der Waals surface area contributed by atoms with E-state index in [1.807, 2.05) is 43.3 Å². The molecule has 0 aliphatic carbocycles. The lowest BCUT2D eigenvalue weighted by atomic mass is 10.1. The molecule has 0 unspecified atom stereocenters. The Kier molecular flexibility index (Phi) is 5.11. The maximum atomic E-state index is 9.16. The van der Waals surface area contributed by atoms with Gasteiger partial charge in [0.05, 0.1) is 12.3 Å². The third-order valence-corrected chi connectivity index (χ3v) is 2.88. The summed E-state index contributed by atoms with van der Waals surface area (Å²) < 4.78 is 0.